The molecule has 6 rings (SSSR count). The average Bonchev–Trinajstić information content (AvgIpc) is 2.94. The van der Waals surface area contributed by atoms with Crippen molar-refractivity contribution in [3.8, 4) is 22.3 Å². The van der Waals surface area contributed by atoms with Crippen LogP contribution in [-0.4, -0.2) is 0 Å². The van der Waals surface area contributed by atoms with Gasteiger partial charge in [-0.3, -0.25) is 0 Å². The van der Waals surface area contributed by atoms with Crippen molar-refractivity contribution in [2.24, 2.45) is 0 Å². The van der Waals surface area contributed by atoms with E-state index < -0.39 is 0 Å². The molecule has 1 nitrogen and oxygen atoms in total. The van der Waals surface area contributed by atoms with E-state index in [0.717, 1.165) is 17.1 Å². The predicted molar refractivity (Wildman–Crippen MR) is 150 cm³/mol. The van der Waals surface area contributed by atoms with Crippen molar-refractivity contribution in [3.63, 3.8) is 0 Å². The normalized spacial score (nSPS) is 10.9. The summed E-state index contributed by atoms with van der Waals surface area (Å²) in [5.41, 5.74) is 8.29. The third-order valence-electron chi connectivity index (χ3n) is 6.45. The molecule has 0 spiro atoms. The van der Waals surface area contributed by atoms with Gasteiger partial charge in [0.25, 0.3) is 0 Å². The van der Waals surface area contributed by atoms with Crippen molar-refractivity contribution in [2.75, 3.05) is 4.90 Å². The van der Waals surface area contributed by atoms with Gasteiger partial charge < -0.3 is 4.90 Å². The number of benzene rings is 6. The van der Waals surface area contributed by atoms with Crippen LogP contribution in [-0.2, 0) is 0 Å². The fourth-order valence-electron chi connectivity index (χ4n) is 4.90. The highest BCUT2D eigenvalue weighted by Gasteiger charge is 2.20. The third-order valence-corrected chi connectivity index (χ3v) is 6.45. The molecule has 0 saturated carbocycles. The molecule has 166 valence electrons. The molecule has 0 saturated heterocycles. The molecule has 0 aliphatic rings. The Morgan fingerprint density at radius 2 is 0.886 bits per heavy atom. The van der Waals surface area contributed by atoms with Gasteiger partial charge in [-0.25, -0.2) is 0 Å². The predicted octanol–water partition coefficient (Wildman–Crippen LogP) is 9.64. The van der Waals surface area contributed by atoms with Crippen LogP contribution in [0.1, 0.15) is 0 Å². The topological polar surface area (TPSA) is 3.24 Å². The Morgan fingerprint density at radius 3 is 1.57 bits per heavy atom. The highest BCUT2D eigenvalue weighted by atomic mass is 15.1. The fraction of sp³-hybridized carbons (Fsp3) is 0. The minimum absolute atomic E-state index is 1.13. The molecule has 0 fully saturated rings. The lowest BCUT2D eigenvalue weighted by molar-refractivity contribution is 1.28. The van der Waals surface area contributed by atoms with Crippen LogP contribution in [0.25, 0.3) is 33.0 Å². The first-order valence-corrected chi connectivity index (χ1v) is 12.0. The van der Waals surface area contributed by atoms with E-state index in [1.807, 2.05) is 0 Å². The van der Waals surface area contributed by atoms with Gasteiger partial charge in [0.2, 0.25) is 0 Å². The fourth-order valence-corrected chi connectivity index (χ4v) is 4.90. The maximum Gasteiger partial charge on any atom is 0.0546 e. The van der Waals surface area contributed by atoms with Gasteiger partial charge in [0.1, 0.15) is 0 Å². The number of fused-ring (bicyclic) bond motifs is 1. The molecule has 1 heteroatoms. The van der Waals surface area contributed by atoms with Crippen molar-refractivity contribution in [1.82, 2.24) is 0 Å². The second kappa shape index (κ2) is 9.32. The van der Waals surface area contributed by atoms with Gasteiger partial charge in [-0.15, -0.1) is 0 Å². The minimum atomic E-state index is 1.13. The van der Waals surface area contributed by atoms with E-state index >= 15 is 0 Å². The molecule has 0 bridgehead atoms. The second-order valence-corrected chi connectivity index (χ2v) is 8.60. The summed E-state index contributed by atoms with van der Waals surface area (Å²) in [6.45, 7) is 0. The summed E-state index contributed by atoms with van der Waals surface area (Å²) in [6.07, 6.45) is 0. The summed E-state index contributed by atoms with van der Waals surface area (Å²) in [5, 5.41) is 2.51. The summed E-state index contributed by atoms with van der Waals surface area (Å²) >= 11 is 0. The van der Waals surface area contributed by atoms with Gasteiger partial charge in [-0.2, -0.15) is 0 Å². The molecular formula is C34H25N. The molecule has 0 aliphatic carbocycles. The first-order chi connectivity index (χ1) is 17.4. The molecular weight excluding hydrogens is 422 g/mol. The van der Waals surface area contributed by atoms with Crippen molar-refractivity contribution >= 4 is 27.8 Å². The van der Waals surface area contributed by atoms with E-state index in [1.165, 1.54) is 33.0 Å². The van der Waals surface area contributed by atoms with Crippen molar-refractivity contribution in [2.45, 2.75) is 0 Å². The zero-order valence-electron chi connectivity index (χ0n) is 19.4. The van der Waals surface area contributed by atoms with Gasteiger partial charge in [0.05, 0.1) is 5.69 Å². The summed E-state index contributed by atoms with van der Waals surface area (Å²) in [5.74, 6) is 0. The van der Waals surface area contributed by atoms with E-state index in [2.05, 4.69) is 157 Å². The quantitative estimate of drug-likeness (QED) is 0.254. The van der Waals surface area contributed by atoms with Gasteiger partial charge in [-0.1, -0.05) is 121 Å². The number of hydrogen-bond donors (Lipinski definition) is 0. The first kappa shape index (κ1) is 20.9. The zero-order chi connectivity index (χ0) is 23.5. The lowest BCUT2D eigenvalue weighted by Gasteiger charge is -2.29. The number of nitrogens with zero attached hydrogens (tertiary/aromatic N) is 1. The molecule has 0 aromatic heterocycles. The molecule has 0 amide bonds. The average molecular weight is 448 g/mol. The molecule has 35 heavy (non-hydrogen) atoms. The van der Waals surface area contributed by atoms with E-state index in [4.69, 9.17) is 0 Å². The Balaban J connectivity index is 1.69. The van der Waals surface area contributed by atoms with Crippen molar-refractivity contribution < 1.29 is 0 Å². The first-order valence-electron chi connectivity index (χ1n) is 12.0. The summed E-state index contributed by atoms with van der Waals surface area (Å²) < 4.78 is 0. The third kappa shape index (κ3) is 3.98. The number of rotatable bonds is 5. The second-order valence-electron chi connectivity index (χ2n) is 8.60. The van der Waals surface area contributed by atoms with Crippen LogP contribution < -0.4 is 4.90 Å². The van der Waals surface area contributed by atoms with E-state index in [-0.39, 0.29) is 0 Å². The molecule has 0 heterocycles. The maximum absolute atomic E-state index is 2.36. The Morgan fingerprint density at radius 1 is 0.371 bits per heavy atom. The molecule has 0 atom stereocenters. The Bertz CT molecular complexity index is 1530. The standard InChI is InChI=1S/C34H25N/c1-4-15-27(16-5-1)34-32(31-23-12-17-26-14-10-11-22-30(26)31)24-13-25-33(34)35(28-18-6-2-7-19-28)29-20-8-3-9-21-29/h1-25H. The summed E-state index contributed by atoms with van der Waals surface area (Å²) in [4.78, 5) is 2.36. The summed E-state index contributed by atoms with van der Waals surface area (Å²) in [7, 11) is 0. The molecule has 0 unspecified atom stereocenters. The van der Waals surface area contributed by atoms with Gasteiger partial charge in [0.15, 0.2) is 0 Å². The molecule has 6 aromatic rings. The lowest BCUT2D eigenvalue weighted by atomic mass is 9.89. The van der Waals surface area contributed by atoms with Gasteiger partial charge in [0, 0.05) is 16.9 Å². The smallest absolute Gasteiger partial charge is 0.0546 e. The Kier molecular flexibility index (Phi) is 5.58. The number of hydrogen-bond acceptors (Lipinski definition) is 1. The molecule has 0 N–H and O–H groups in total. The zero-order valence-corrected chi connectivity index (χ0v) is 19.4. The highest BCUT2D eigenvalue weighted by molar-refractivity contribution is 6.04. The van der Waals surface area contributed by atoms with Crippen LogP contribution in [0.5, 0.6) is 0 Å². The molecule has 0 radical (unpaired) electrons. The SMILES string of the molecule is c1ccc(-c2c(-c3cccc4ccccc34)cccc2N(c2ccccc2)c2ccccc2)cc1. The number of para-hydroxylation sites is 2. The van der Waals surface area contributed by atoms with Crippen LogP contribution in [0.3, 0.4) is 0 Å². The van der Waals surface area contributed by atoms with Gasteiger partial charge >= 0.3 is 0 Å². The van der Waals surface area contributed by atoms with Crippen molar-refractivity contribution in [3.05, 3.63) is 152 Å². The van der Waals surface area contributed by atoms with Crippen LogP contribution in [0, 0.1) is 0 Å². The largest absolute Gasteiger partial charge is 0.310 e. The minimum Gasteiger partial charge on any atom is -0.310 e. The van der Waals surface area contributed by atoms with Crippen LogP contribution >= 0.6 is 0 Å². The maximum atomic E-state index is 2.36. The van der Waals surface area contributed by atoms with Crippen LogP contribution in [0.4, 0.5) is 17.1 Å². The molecule has 6 aromatic carbocycles. The van der Waals surface area contributed by atoms with E-state index in [0.29, 0.717) is 0 Å². The van der Waals surface area contributed by atoms with Gasteiger partial charge in [-0.05, 0) is 57.8 Å². The van der Waals surface area contributed by atoms with Crippen LogP contribution in [0.15, 0.2) is 152 Å². The van der Waals surface area contributed by atoms with E-state index in [9.17, 15) is 0 Å². The summed E-state index contributed by atoms with van der Waals surface area (Å²) in [6, 6.07) is 53.8. The lowest BCUT2D eigenvalue weighted by Crippen LogP contribution is -2.11. The monoisotopic (exact) mass is 447 g/mol. The van der Waals surface area contributed by atoms with E-state index in [1.54, 1.807) is 0 Å². The van der Waals surface area contributed by atoms with Crippen LogP contribution in [0.2, 0.25) is 0 Å². The Hall–Kier alpha value is -4.62. The Labute approximate surface area is 206 Å². The molecule has 0 aliphatic heterocycles. The number of anilines is 3. The van der Waals surface area contributed by atoms with Crippen molar-refractivity contribution in [1.29, 1.82) is 0 Å². The highest BCUT2D eigenvalue weighted by Crippen LogP contribution is 2.46.